The first-order valence-electron chi connectivity index (χ1n) is 11.4. The van der Waals surface area contributed by atoms with E-state index in [1.807, 2.05) is 36.4 Å². The zero-order valence-corrected chi connectivity index (χ0v) is 18.8. The fourth-order valence-corrected chi connectivity index (χ4v) is 3.83. The quantitative estimate of drug-likeness (QED) is 0.204. The predicted molar refractivity (Wildman–Crippen MR) is 130 cm³/mol. The third-order valence-electron chi connectivity index (χ3n) is 5.83. The van der Waals surface area contributed by atoms with Crippen molar-refractivity contribution in [2.45, 2.75) is 38.9 Å². The molecule has 0 amide bonds. The van der Waals surface area contributed by atoms with Gasteiger partial charge in [-0.15, -0.1) is 0 Å². The van der Waals surface area contributed by atoms with Crippen LogP contribution < -0.4 is 0 Å². The van der Waals surface area contributed by atoms with Crippen LogP contribution in [0.1, 0.15) is 59.4 Å². The molecule has 0 radical (unpaired) electrons. The van der Waals surface area contributed by atoms with Crippen molar-refractivity contribution in [3.63, 3.8) is 0 Å². The molecule has 0 aromatic heterocycles. The second-order valence-corrected chi connectivity index (χ2v) is 7.96. The molecule has 2 heteroatoms. The van der Waals surface area contributed by atoms with E-state index < -0.39 is 0 Å². The van der Waals surface area contributed by atoms with Gasteiger partial charge in [-0.3, -0.25) is 0 Å². The van der Waals surface area contributed by atoms with Crippen LogP contribution >= 0.6 is 0 Å². The largest absolute Gasteiger partial charge is 0.223 e. The van der Waals surface area contributed by atoms with Crippen LogP contribution in [0.3, 0.4) is 0 Å². The molecule has 32 heavy (non-hydrogen) atoms. The zero-order valence-electron chi connectivity index (χ0n) is 18.8. The van der Waals surface area contributed by atoms with E-state index in [-0.39, 0.29) is 12.2 Å². The van der Waals surface area contributed by atoms with E-state index in [9.17, 15) is 0 Å². The summed E-state index contributed by atoms with van der Waals surface area (Å²) in [4.78, 5) is 12.4. The molecular weight excluding hydrogens is 392 g/mol. The number of rotatable bonds is 9. The van der Waals surface area contributed by atoms with Gasteiger partial charge < -0.3 is 0 Å². The minimum absolute atomic E-state index is 0.316. The van der Waals surface area contributed by atoms with E-state index in [1.165, 1.54) is 11.1 Å². The summed E-state index contributed by atoms with van der Waals surface area (Å²) in [5.74, 6) is 0. The van der Waals surface area contributed by atoms with Crippen LogP contribution in [-0.2, 0) is 22.6 Å². The van der Waals surface area contributed by atoms with E-state index in [1.54, 1.807) is 0 Å². The van der Waals surface area contributed by atoms with Gasteiger partial charge in [0.05, 0.1) is 0 Å². The highest BCUT2D eigenvalue weighted by Gasteiger charge is 2.21. The molecule has 0 heterocycles. The van der Waals surface area contributed by atoms with E-state index in [0.29, 0.717) is 0 Å². The van der Waals surface area contributed by atoms with Crippen molar-refractivity contribution in [1.82, 2.24) is 0 Å². The summed E-state index contributed by atoms with van der Waals surface area (Å²) in [5, 5.41) is 0. The summed E-state index contributed by atoms with van der Waals surface area (Å²) >= 11 is 0. The van der Waals surface area contributed by atoms with E-state index in [4.69, 9.17) is 9.78 Å². The Morgan fingerprint density at radius 3 is 1.06 bits per heavy atom. The molecule has 162 valence electrons. The Balaban J connectivity index is 1.64. The predicted octanol–water partition coefficient (Wildman–Crippen LogP) is 7.64. The van der Waals surface area contributed by atoms with Gasteiger partial charge >= 0.3 is 0 Å². The van der Waals surface area contributed by atoms with Crippen molar-refractivity contribution in [2.24, 2.45) is 0 Å². The van der Waals surface area contributed by atoms with Crippen molar-refractivity contribution >= 4 is 0 Å². The maximum absolute atomic E-state index is 6.22. The van der Waals surface area contributed by atoms with Crippen molar-refractivity contribution in [3.8, 4) is 0 Å². The first-order chi connectivity index (χ1) is 15.8. The smallest absolute Gasteiger partial charge is 0.143 e. The van der Waals surface area contributed by atoms with Crippen LogP contribution in [0.5, 0.6) is 0 Å². The molecule has 0 spiro atoms. The summed E-state index contributed by atoms with van der Waals surface area (Å²) < 4.78 is 0. The average Bonchev–Trinajstić information content (AvgIpc) is 2.88. The lowest BCUT2D eigenvalue weighted by molar-refractivity contribution is -0.340. The second-order valence-electron chi connectivity index (χ2n) is 7.96. The van der Waals surface area contributed by atoms with Gasteiger partial charge in [-0.05, 0) is 46.2 Å². The first kappa shape index (κ1) is 22.0. The Bertz CT molecular complexity index is 980. The summed E-state index contributed by atoms with van der Waals surface area (Å²) in [5.41, 5.74) is 6.87. The van der Waals surface area contributed by atoms with Crippen LogP contribution in [0.2, 0.25) is 0 Å². The summed E-state index contributed by atoms with van der Waals surface area (Å²) in [6, 6.07) is 37.6. The Morgan fingerprint density at radius 1 is 0.438 bits per heavy atom. The zero-order chi connectivity index (χ0) is 22.2. The lowest BCUT2D eigenvalue weighted by atomic mass is 9.99. The molecule has 0 aliphatic carbocycles. The topological polar surface area (TPSA) is 18.5 Å². The van der Waals surface area contributed by atoms with Gasteiger partial charge in [0.15, 0.2) is 0 Å². The van der Waals surface area contributed by atoms with Crippen molar-refractivity contribution in [3.05, 3.63) is 143 Å². The number of aryl methyl sites for hydroxylation is 2. The fraction of sp³-hybridized carbons (Fsp3) is 0.200. The van der Waals surface area contributed by atoms with Gasteiger partial charge in [-0.2, -0.15) is 0 Å². The highest BCUT2D eigenvalue weighted by Crippen LogP contribution is 2.32. The third kappa shape index (κ3) is 5.34. The average molecular weight is 423 g/mol. The van der Waals surface area contributed by atoms with Crippen molar-refractivity contribution < 1.29 is 9.78 Å². The van der Waals surface area contributed by atoms with Crippen LogP contribution in [0, 0.1) is 0 Å². The molecule has 0 saturated heterocycles. The van der Waals surface area contributed by atoms with Gasteiger partial charge in [-0.25, -0.2) is 9.78 Å². The fourth-order valence-electron chi connectivity index (χ4n) is 3.83. The minimum atomic E-state index is -0.316. The van der Waals surface area contributed by atoms with E-state index in [2.05, 4.69) is 86.6 Å². The van der Waals surface area contributed by atoms with Gasteiger partial charge in [0, 0.05) is 0 Å². The number of hydrogen-bond acceptors (Lipinski definition) is 2. The summed E-state index contributed by atoms with van der Waals surface area (Å²) in [6.07, 6.45) is 1.39. The van der Waals surface area contributed by atoms with Crippen LogP contribution in [-0.4, -0.2) is 0 Å². The highest BCUT2D eigenvalue weighted by molar-refractivity contribution is 5.34. The molecule has 0 aliphatic heterocycles. The molecule has 4 rings (SSSR count). The van der Waals surface area contributed by atoms with Crippen molar-refractivity contribution in [2.75, 3.05) is 0 Å². The van der Waals surface area contributed by atoms with Crippen LogP contribution in [0.15, 0.2) is 109 Å². The maximum Gasteiger partial charge on any atom is 0.143 e. The standard InChI is InChI=1S/C30H30O2/c1-3-23-15-19-27(20-16-23)29(25-11-7-5-8-12-25)31-32-30(26-13-9-6-10-14-26)28-21-17-24(4-2)18-22-28/h5-22,29-30H,3-4H2,1-2H3. The maximum atomic E-state index is 6.22. The Labute approximate surface area is 191 Å². The molecule has 2 atom stereocenters. The number of hydrogen-bond donors (Lipinski definition) is 0. The normalized spacial score (nSPS) is 12.9. The molecule has 0 saturated carbocycles. The molecule has 2 nitrogen and oxygen atoms in total. The van der Waals surface area contributed by atoms with Gasteiger partial charge in [0.1, 0.15) is 12.2 Å². The van der Waals surface area contributed by atoms with Crippen LogP contribution in [0.25, 0.3) is 0 Å². The molecule has 0 bridgehead atoms. The Morgan fingerprint density at radius 2 is 0.750 bits per heavy atom. The van der Waals surface area contributed by atoms with Gasteiger partial charge in [-0.1, -0.05) is 123 Å². The molecule has 0 fully saturated rings. The Kier molecular flexibility index (Phi) is 7.50. The lowest BCUT2D eigenvalue weighted by Crippen LogP contribution is -2.12. The SMILES string of the molecule is CCc1ccc(C(OOC(c2ccccc2)c2ccc(CC)cc2)c2ccccc2)cc1. The van der Waals surface area contributed by atoms with E-state index >= 15 is 0 Å². The Hall–Kier alpha value is -3.20. The van der Waals surface area contributed by atoms with Gasteiger partial charge in [0.25, 0.3) is 0 Å². The lowest BCUT2D eigenvalue weighted by Gasteiger charge is -2.23. The minimum Gasteiger partial charge on any atom is -0.223 e. The number of benzene rings is 4. The highest BCUT2D eigenvalue weighted by atomic mass is 17.2. The van der Waals surface area contributed by atoms with Crippen LogP contribution in [0.4, 0.5) is 0 Å². The second kappa shape index (κ2) is 10.9. The molecule has 4 aromatic carbocycles. The molecule has 0 N–H and O–H groups in total. The molecule has 4 aromatic rings. The molecule has 0 aliphatic rings. The molecular formula is C30H30O2. The first-order valence-corrected chi connectivity index (χ1v) is 11.4. The van der Waals surface area contributed by atoms with E-state index in [0.717, 1.165) is 35.1 Å². The third-order valence-corrected chi connectivity index (χ3v) is 5.83. The monoisotopic (exact) mass is 422 g/mol. The van der Waals surface area contributed by atoms with Crippen molar-refractivity contribution in [1.29, 1.82) is 0 Å². The van der Waals surface area contributed by atoms with Gasteiger partial charge in [0.2, 0.25) is 0 Å². The summed E-state index contributed by atoms with van der Waals surface area (Å²) in [7, 11) is 0. The summed E-state index contributed by atoms with van der Waals surface area (Å²) in [6.45, 7) is 4.33. The molecule has 2 unspecified atom stereocenters.